The molecule has 6 nitrogen and oxygen atoms in total. The Morgan fingerprint density at radius 2 is 2.10 bits per heavy atom. The highest BCUT2D eigenvalue weighted by atomic mass is 15.4. The second kappa shape index (κ2) is 4.66. The fraction of sp³-hybridized carbons (Fsp3) is 0.400. The first-order valence-electron chi connectivity index (χ1n) is 7.22. The molecule has 0 spiro atoms. The van der Waals surface area contributed by atoms with E-state index in [9.17, 15) is 0 Å². The maximum Gasteiger partial charge on any atom is 0.155 e. The molecule has 0 radical (unpaired) electrons. The van der Waals surface area contributed by atoms with Crippen LogP contribution in [-0.2, 0) is 6.54 Å². The molecule has 0 bridgehead atoms. The third-order valence-electron chi connectivity index (χ3n) is 4.08. The Hall–Kier alpha value is -2.21. The van der Waals surface area contributed by atoms with Crippen molar-refractivity contribution < 1.29 is 0 Å². The highest BCUT2D eigenvalue weighted by Gasteiger charge is 2.29. The van der Waals surface area contributed by atoms with Gasteiger partial charge in [0.1, 0.15) is 6.33 Å². The molecule has 108 valence electrons. The predicted octanol–water partition coefficient (Wildman–Crippen LogP) is 1.60. The van der Waals surface area contributed by atoms with E-state index in [4.69, 9.17) is 0 Å². The van der Waals surface area contributed by atoms with Crippen LogP contribution in [0.4, 0.5) is 0 Å². The van der Waals surface area contributed by atoms with Gasteiger partial charge in [-0.15, -0.1) is 0 Å². The fourth-order valence-corrected chi connectivity index (χ4v) is 3.06. The third kappa shape index (κ3) is 2.21. The zero-order valence-corrected chi connectivity index (χ0v) is 12.3. The summed E-state index contributed by atoms with van der Waals surface area (Å²) in [6.45, 7) is 7.24. The van der Waals surface area contributed by atoms with Crippen LogP contribution < -0.4 is 0 Å². The van der Waals surface area contributed by atoms with Crippen LogP contribution in [0.2, 0.25) is 0 Å². The van der Waals surface area contributed by atoms with Gasteiger partial charge in [0.25, 0.3) is 0 Å². The summed E-state index contributed by atoms with van der Waals surface area (Å²) < 4.78 is 3.95. The van der Waals surface area contributed by atoms with Crippen molar-refractivity contribution >= 4 is 5.65 Å². The summed E-state index contributed by atoms with van der Waals surface area (Å²) in [6, 6.07) is 6.86. The van der Waals surface area contributed by atoms with Crippen LogP contribution in [0.3, 0.4) is 0 Å². The van der Waals surface area contributed by atoms with Gasteiger partial charge in [-0.1, -0.05) is 0 Å². The minimum absolute atomic E-state index is 0.510. The molecule has 0 unspecified atom stereocenters. The topological polar surface area (TPSA) is 51.2 Å². The van der Waals surface area contributed by atoms with Crippen LogP contribution in [0, 0.1) is 13.8 Å². The zero-order valence-electron chi connectivity index (χ0n) is 12.3. The SMILES string of the molecule is Cc1cc(C)n(C2CN(Cc3ccn4ncnc4c3)C2)n1. The Balaban J connectivity index is 1.42. The number of aromatic nitrogens is 5. The van der Waals surface area contributed by atoms with Gasteiger partial charge in [-0.2, -0.15) is 10.2 Å². The lowest BCUT2D eigenvalue weighted by Crippen LogP contribution is -2.47. The van der Waals surface area contributed by atoms with Gasteiger partial charge < -0.3 is 0 Å². The van der Waals surface area contributed by atoms with Crippen molar-refractivity contribution in [2.75, 3.05) is 13.1 Å². The first-order chi connectivity index (χ1) is 10.2. The van der Waals surface area contributed by atoms with Crippen molar-refractivity contribution in [1.29, 1.82) is 0 Å². The average Bonchev–Trinajstić information content (AvgIpc) is 2.99. The van der Waals surface area contributed by atoms with Gasteiger partial charge in [-0.25, -0.2) is 9.50 Å². The van der Waals surface area contributed by atoms with Gasteiger partial charge in [-0.3, -0.25) is 9.58 Å². The summed E-state index contributed by atoms with van der Waals surface area (Å²) in [4.78, 5) is 6.66. The summed E-state index contributed by atoms with van der Waals surface area (Å²) in [7, 11) is 0. The van der Waals surface area contributed by atoms with Crippen LogP contribution in [0.1, 0.15) is 23.0 Å². The van der Waals surface area contributed by atoms with Crippen LogP contribution >= 0.6 is 0 Å². The molecular weight excluding hydrogens is 264 g/mol. The third-order valence-corrected chi connectivity index (χ3v) is 4.08. The summed E-state index contributed by atoms with van der Waals surface area (Å²) in [5, 5.41) is 8.69. The van der Waals surface area contributed by atoms with Crippen molar-refractivity contribution in [1.82, 2.24) is 29.3 Å². The van der Waals surface area contributed by atoms with Crippen molar-refractivity contribution in [2.45, 2.75) is 26.4 Å². The van der Waals surface area contributed by atoms with E-state index < -0.39 is 0 Å². The summed E-state index contributed by atoms with van der Waals surface area (Å²) in [5.41, 5.74) is 4.54. The highest BCUT2D eigenvalue weighted by molar-refractivity contribution is 5.39. The number of nitrogens with zero attached hydrogens (tertiary/aromatic N) is 6. The van der Waals surface area contributed by atoms with Crippen LogP contribution in [0.15, 0.2) is 30.7 Å². The summed E-state index contributed by atoms with van der Waals surface area (Å²) in [6.07, 6.45) is 3.55. The number of fused-ring (bicyclic) bond motifs is 1. The molecule has 3 aromatic rings. The fourth-order valence-electron chi connectivity index (χ4n) is 3.06. The van der Waals surface area contributed by atoms with E-state index in [-0.39, 0.29) is 0 Å². The minimum Gasteiger partial charge on any atom is -0.295 e. The molecule has 1 saturated heterocycles. The Kier molecular flexibility index (Phi) is 2.78. The van der Waals surface area contributed by atoms with Crippen molar-refractivity contribution in [3.63, 3.8) is 0 Å². The van der Waals surface area contributed by atoms with E-state index >= 15 is 0 Å². The number of pyridine rings is 1. The lowest BCUT2D eigenvalue weighted by Gasteiger charge is -2.39. The van der Waals surface area contributed by atoms with E-state index in [1.807, 2.05) is 13.1 Å². The van der Waals surface area contributed by atoms with Gasteiger partial charge in [0.15, 0.2) is 5.65 Å². The maximum absolute atomic E-state index is 4.58. The molecule has 4 rings (SSSR count). The smallest absolute Gasteiger partial charge is 0.155 e. The molecule has 0 amide bonds. The van der Waals surface area contributed by atoms with E-state index in [0.717, 1.165) is 31.0 Å². The number of hydrogen-bond donors (Lipinski definition) is 0. The molecule has 6 heteroatoms. The van der Waals surface area contributed by atoms with Crippen LogP contribution in [0.5, 0.6) is 0 Å². The summed E-state index contributed by atoms with van der Waals surface area (Å²) in [5.74, 6) is 0. The quantitative estimate of drug-likeness (QED) is 0.732. The lowest BCUT2D eigenvalue weighted by molar-refractivity contribution is 0.0893. The normalized spacial score (nSPS) is 16.5. The van der Waals surface area contributed by atoms with Crippen LogP contribution in [0.25, 0.3) is 5.65 Å². The second-order valence-electron chi connectivity index (χ2n) is 5.82. The molecule has 4 heterocycles. The standard InChI is InChI=1S/C15H18N6/c1-11-5-12(2)21(18-11)14-8-19(9-14)7-13-3-4-20-15(6-13)16-10-17-20/h3-6,10,14H,7-9H2,1-2H3. The zero-order chi connectivity index (χ0) is 14.4. The van der Waals surface area contributed by atoms with Gasteiger partial charge in [0, 0.05) is 31.5 Å². The molecule has 3 aromatic heterocycles. The van der Waals surface area contributed by atoms with Gasteiger partial charge in [-0.05, 0) is 37.6 Å². The van der Waals surface area contributed by atoms with Crippen molar-refractivity contribution in [3.05, 3.63) is 47.7 Å². The molecule has 1 aliphatic heterocycles. The van der Waals surface area contributed by atoms with E-state index in [2.05, 4.69) is 49.9 Å². The molecule has 21 heavy (non-hydrogen) atoms. The predicted molar refractivity (Wildman–Crippen MR) is 79.0 cm³/mol. The van der Waals surface area contributed by atoms with E-state index in [1.54, 1.807) is 10.8 Å². The van der Waals surface area contributed by atoms with Crippen molar-refractivity contribution in [3.8, 4) is 0 Å². The number of hydrogen-bond acceptors (Lipinski definition) is 4. The average molecular weight is 282 g/mol. The Labute approximate surface area is 123 Å². The first kappa shape index (κ1) is 12.5. The minimum atomic E-state index is 0.510. The molecule has 0 aliphatic carbocycles. The molecule has 0 N–H and O–H groups in total. The van der Waals surface area contributed by atoms with Crippen LogP contribution in [-0.4, -0.2) is 42.4 Å². The monoisotopic (exact) mass is 282 g/mol. The molecule has 0 aromatic carbocycles. The Bertz CT molecular complexity index is 780. The molecule has 0 atom stereocenters. The molecule has 1 aliphatic rings. The second-order valence-corrected chi connectivity index (χ2v) is 5.82. The molecule has 0 saturated carbocycles. The summed E-state index contributed by atoms with van der Waals surface area (Å²) >= 11 is 0. The largest absolute Gasteiger partial charge is 0.295 e. The number of rotatable bonds is 3. The molecule has 1 fully saturated rings. The molecular formula is C15H18N6. The van der Waals surface area contributed by atoms with Gasteiger partial charge in [0.2, 0.25) is 0 Å². The van der Waals surface area contributed by atoms with E-state index in [1.165, 1.54) is 11.3 Å². The van der Waals surface area contributed by atoms with Crippen molar-refractivity contribution in [2.24, 2.45) is 0 Å². The lowest BCUT2D eigenvalue weighted by atomic mass is 10.1. The van der Waals surface area contributed by atoms with Gasteiger partial charge in [0.05, 0.1) is 11.7 Å². The Morgan fingerprint density at radius 3 is 2.86 bits per heavy atom. The maximum atomic E-state index is 4.58. The number of aryl methyl sites for hydroxylation is 2. The first-order valence-corrected chi connectivity index (χ1v) is 7.22. The number of likely N-dealkylation sites (tertiary alicyclic amines) is 1. The Morgan fingerprint density at radius 1 is 1.24 bits per heavy atom. The van der Waals surface area contributed by atoms with Gasteiger partial charge >= 0.3 is 0 Å². The van der Waals surface area contributed by atoms with E-state index in [0.29, 0.717) is 6.04 Å². The highest BCUT2D eigenvalue weighted by Crippen LogP contribution is 2.24.